The quantitative estimate of drug-likeness (QED) is 0.0222. The molecule has 0 aliphatic rings. The van der Waals surface area contributed by atoms with E-state index >= 15 is 0 Å². The third kappa shape index (κ3) is 68.6. The second-order valence-corrected chi connectivity index (χ2v) is 30.4. The number of phosphoric acid groups is 2. The first-order chi connectivity index (χ1) is 45.5. The standard InChI is InChI=1S/C75H146O17P2/c1-6-9-12-15-18-20-22-24-26-28-29-30-31-32-33-35-37-39-41-44-50-55-60-74(79)91-70(65-86-73(78)59-54-49-43-40-38-36-34-27-25-23-21-19-16-13-10-7-2)66-89-93(81,82)87-62-69(76)63-88-94(83,84)90-67-71(64-85-72(77)58-53-48-42-17-14-11-8-3)92-75(80)61-56-51-46-45-47-52-57-68(4)5/h68-71,76H,6-67H2,1-5H3,(H,81,82)(H,83,84)/t69-,70-,71-/m1/s1. The summed E-state index contributed by atoms with van der Waals surface area (Å²) in [4.78, 5) is 72.5. The summed E-state index contributed by atoms with van der Waals surface area (Å²) < 4.78 is 68.3. The van der Waals surface area contributed by atoms with Crippen LogP contribution in [-0.2, 0) is 65.4 Å². The number of hydrogen-bond donors (Lipinski definition) is 3. The molecule has 0 spiro atoms. The fraction of sp³-hybridized carbons (Fsp3) is 0.947. The Bertz CT molecular complexity index is 1810. The molecule has 0 amide bonds. The van der Waals surface area contributed by atoms with Gasteiger partial charge >= 0.3 is 39.5 Å². The summed E-state index contributed by atoms with van der Waals surface area (Å²) >= 11 is 0. The van der Waals surface area contributed by atoms with Gasteiger partial charge in [0.15, 0.2) is 12.2 Å². The molecule has 0 bridgehead atoms. The van der Waals surface area contributed by atoms with E-state index in [2.05, 4.69) is 34.6 Å². The molecule has 558 valence electrons. The van der Waals surface area contributed by atoms with Crippen LogP contribution in [0.1, 0.15) is 394 Å². The molecule has 0 aliphatic heterocycles. The van der Waals surface area contributed by atoms with Crippen LogP contribution in [0.5, 0.6) is 0 Å². The van der Waals surface area contributed by atoms with E-state index in [1.165, 1.54) is 205 Å². The van der Waals surface area contributed by atoms with Gasteiger partial charge in [0, 0.05) is 25.7 Å². The Hall–Kier alpha value is -1.94. The minimum atomic E-state index is -4.95. The molecule has 19 heteroatoms. The number of ether oxygens (including phenoxy) is 4. The predicted octanol–water partition coefficient (Wildman–Crippen LogP) is 22.1. The number of hydrogen-bond acceptors (Lipinski definition) is 15. The number of phosphoric ester groups is 2. The highest BCUT2D eigenvalue weighted by atomic mass is 31.2. The number of esters is 4. The lowest BCUT2D eigenvalue weighted by Crippen LogP contribution is -2.30. The largest absolute Gasteiger partial charge is 0.472 e. The monoisotopic (exact) mass is 1380 g/mol. The minimum absolute atomic E-state index is 0.102. The zero-order valence-corrected chi connectivity index (χ0v) is 62.9. The fourth-order valence-corrected chi connectivity index (χ4v) is 13.1. The first kappa shape index (κ1) is 92.1. The molecule has 2 unspecified atom stereocenters. The van der Waals surface area contributed by atoms with E-state index in [1.807, 2.05) is 0 Å². The van der Waals surface area contributed by atoms with Gasteiger partial charge in [-0.2, -0.15) is 0 Å². The summed E-state index contributed by atoms with van der Waals surface area (Å²) in [5, 5.41) is 10.6. The van der Waals surface area contributed by atoms with Crippen LogP contribution in [0.3, 0.4) is 0 Å². The van der Waals surface area contributed by atoms with Gasteiger partial charge in [0.05, 0.1) is 26.4 Å². The highest BCUT2D eigenvalue weighted by Gasteiger charge is 2.30. The Balaban J connectivity index is 5.13. The zero-order chi connectivity index (χ0) is 69.1. The predicted molar refractivity (Wildman–Crippen MR) is 382 cm³/mol. The first-order valence-corrected chi connectivity index (χ1v) is 42.1. The summed E-state index contributed by atoms with van der Waals surface area (Å²) in [7, 11) is -9.90. The number of carbonyl (C=O) groups is 4. The van der Waals surface area contributed by atoms with Crippen molar-refractivity contribution in [3.8, 4) is 0 Å². The molecular weight excluding hydrogens is 1230 g/mol. The highest BCUT2D eigenvalue weighted by Crippen LogP contribution is 2.45. The number of rotatable bonds is 75. The van der Waals surface area contributed by atoms with Gasteiger partial charge in [-0.1, -0.05) is 343 Å². The number of carbonyl (C=O) groups excluding carboxylic acids is 4. The zero-order valence-electron chi connectivity index (χ0n) is 61.1. The van der Waals surface area contributed by atoms with Gasteiger partial charge in [-0.05, 0) is 31.6 Å². The van der Waals surface area contributed by atoms with E-state index in [4.69, 9.17) is 37.0 Å². The molecule has 0 aliphatic carbocycles. The van der Waals surface area contributed by atoms with E-state index in [1.54, 1.807) is 0 Å². The second-order valence-electron chi connectivity index (χ2n) is 27.5. The van der Waals surface area contributed by atoms with Gasteiger partial charge in [0.1, 0.15) is 19.3 Å². The van der Waals surface area contributed by atoms with Crippen molar-refractivity contribution < 1.29 is 80.2 Å². The van der Waals surface area contributed by atoms with Crippen molar-refractivity contribution in [2.24, 2.45) is 5.92 Å². The Morgan fingerprint density at radius 1 is 0.287 bits per heavy atom. The second kappa shape index (κ2) is 68.2. The van der Waals surface area contributed by atoms with Crippen LogP contribution in [-0.4, -0.2) is 96.7 Å². The molecular formula is C75H146O17P2. The van der Waals surface area contributed by atoms with Crippen molar-refractivity contribution in [2.45, 2.75) is 412 Å². The van der Waals surface area contributed by atoms with Crippen LogP contribution in [0.2, 0.25) is 0 Å². The van der Waals surface area contributed by atoms with Gasteiger partial charge in [-0.3, -0.25) is 37.3 Å². The Morgan fingerprint density at radius 2 is 0.489 bits per heavy atom. The molecule has 0 saturated heterocycles. The molecule has 0 heterocycles. The Kier molecular flexibility index (Phi) is 66.8. The molecule has 17 nitrogen and oxygen atoms in total. The van der Waals surface area contributed by atoms with Crippen LogP contribution in [0.15, 0.2) is 0 Å². The molecule has 0 aromatic carbocycles. The van der Waals surface area contributed by atoms with Gasteiger partial charge < -0.3 is 33.8 Å². The molecule has 0 radical (unpaired) electrons. The third-order valence-electron chi connectivity index (χ3n) is 17.5. The first-order valence-electron chi connectivity index (χ1n) is 39.1. The topological polar surface area (TPSA) is 237 Å². The lowest BCUT2D eigenvalue weighted by Gasteiger charge is -2.21. The van der Waals surface area contributed by atoms with Crippen LogP contribution in [0.25, 0.3) is 0 Å². The van der Waals surface area contributed by atoms with E-state index < -0.39 is 97.5 Å². The third-order valence-corrected chi connectivity index (χ3v) is 19.4. The molecule has 3 N–H and O–H groups in total. The molecule has 5 atom stereocenters. The number of aliphatic hydroxyl groups excluding tert-OH is 1. The highest BCUT2D eigenvalue weighted by molar-refractivity contribution is 7.47. The number of unbranched alkanes of at least 4 members (excludes halogenated alkanes) is 47. The van der Waals surface area contributed by atoms with Gasteiger partial charge in [0.25, 0.3) is 0 Å². The van der Waals surface area contributed by atoms with Crippen molar-refractivity contribution in [1.82, 2.24) is 0 Å². The molecule has 94 heavy (non-hydrogen) atoms. The maximum Gasteiger partial charge on any atom is 0.472 e. The average molecular weight is 1380 g/mol. The summed E-state index contributed by atoms with van der Waals surface area (Å²) in [6.45, 7) is 7.14. The van der Waals surface area contributed by atoms with E-state index in [9.17, 15) is 43.2 Å². The Labute approximate surface area is 575 Å². The normalized spacial score (nSPS) is 14.0. The van der Waals surface area contributed by atoms with Crippen molar-refractivity contribution in [2.75, 3.05) is 39.6 Å². The van der Waals surface area contributed by atoms with Crippen molar-refractivity contribution in [3.05, 3.63) is 0 Å². The summed E-state index contributed by atoms with van der Waals surface area (Å²) in [6, 6.07) is 0. The maximum absolute atomic E-state index is 13.1. The lowest BCUT2D eigenvalue weighted by molar-refractivity contribution is -0.161. The fourth-order valence-electron chi connectivity index (χ4n) is 11.5. The maximum atomic E-state index is 13.1. The molecule has 0 rings (SSSR count). The smallest absolute Gasteiger partial charge is 0.462 e. The molecule has 0 fully saturated rings. The van der Waals surface area contributed by atoms with Crippen molar-refractivity contribution in [3.63, 3.8) is 0 Å². The van der Waals surface area contributed by atoms with E-state index in [0.717, 1.165) is 103 Å². The van der Waals surface area contributed by atoms with E-state index in [0.29, 0.717) is 31.6 Å². The Morgan fingerprint density at radius 3 is 0.723 bits per heavy atom. The summed E-state index contributed by atoms with van der Waals surface area (Å²) in [5.74, 6) is -1.46. The number of aliphatic hydroxyl groups is 1. The molecule has 0 aromatic rings. The van der Waals surface area contributed by atoms with Crippen molar-refractivity contribution >= 4 is 39.5 Å². The minimum Gasteiger partial charge on any atom is -0.462 e. The average Bonchev–Trinajstić information content (AvgIpc) is 1.45. The summed E-state index contributed by atoms with van der Waals surface area (Å²) in [6.07, 6.45) is 57.5. The summed E-state index contributed by atoms with van der Waals surface area (Å²) in [5.41, 5.74) is 0. The SMILES string of the molecule is CCCCCCCCCCCCCCCCCCCCCCCCC(=O)O[C@H](COC(=O)CCCCCCCCCCCCCCCCCC)COP(=O)(O)OC[C@@H](O)COP(=O)(O)OC[C@@H](COC(=O)CCCCCCCCC)OC(=O)CCCCCCCCC(C)C. The molecule has 0 aromatic heterocycles. The van der Waals surface area contributed by atoms with Crippen LogP contribution in [0.4, 0.5) is 0 Å². The van der Waals surface area contributed by atoms with E-state index in [-0.39, 0.29) is 25.7 Å². The lowest BCUT2D eigenvalue weighted by atomic mass is 10.0. The van der Waals surface area contributed by atoms with Crippen LogP contribution < -0.4 is 0 Å². The van der Waals surface area contributed by atoms with Crippen molar-refractivity contribution in [1.29, 1.82) is 0 Å². The van der Waals surface area contributed by atoms with Crippen LogP contribution in [0, 0.1) is 5.92 Å². The van der Waals surface area contributed by atoms with Crippen LogP contribution >= 0.6 is 15.6 Å². The van der Waals surface area contributed by atoms with Gasteiger partial charge in [-0.25, -0.2) is 9.13 Å². The van der Waals surface area contributed by atoms with Gasteiger partial charge in [-0.15, -0.1) is 0 Å². The molecule has 0 saturated carbocycles. The van der Waals surface area contributed by atoms with Gasteiger partial charge in [0.2, 0.25) is 0 Å².